The lowest BCUT2D eigenvalue weighted by molar-refractivity contribution is 0.214. The van der Waals surface area contributed by atoms with Gasteiger partial charge in [-0.3, -0.25) is 0 Å². The van der Waals surface area contributed by atoms with Gasteiger partial charge in [0.25, 0.3) is 0 Å². The standard InChI is InChI=1S/C9H14N2OS/c1-7(8-5-4-6-13-8)10-9(12)11(2)3/h4-7H,1-3H3,(H,10,12)/t7-/m1/s1. The summed E-state index contributed by atoms with van der Waals surface area (Å²) in [5.41, 5.74) is 0. The van der Waals surface area contributed by atoms with Gasteiger partial charge in [0.05, 0.1) is 6.04 Å². The molecule has 0 unspecified atom stereocenters. The highest BCUT2D eigenvalue weighted by Crippen LogP contribution is 2.17. The molecule has 0 saturated carbocycles. The summed E-state index contributed by atoms with van der Waals surface area (Å²) in [5, 5.41) is 4.89. The van der Waals surface area contributed by atoms with Crippen LogP contribution in [0.5, 0.6) is 0 Å². The lowest BCUT2D eigenvalue weighted by Crippen LogP contribution is -2.35. The highest BCUT2D eigenvalue weighted by Gasteiger charge is 2.10. The van der Waals surface area contributed by atoms with Crippen LogP contribution in [-0.4, -0.2) is 25.0 Å². The van der Waals surface area contributed by atoms with Crippen LogP contribution in [0.1, 0.15) is 17.8 Å². The third kappa shape index (κ3) is 2.73. The average molecular weight is 198 g/mol. The van der Waals surface area contributed by atoms with Crippen molar-refractivity contribution in [3.8, 4) is 0 Å². The van der Waals surface area contributed by atoms with Gasteiger partial charge in [-0.15, -0.1) is 11.3 Å². The SMILES string of the molecule is C[C@@H](NC(=O)N(C)C)c1cccs1. The van der Waals surface area contributed by atoms with Crippen LogP contribution in [0.2, 0.25) is 0 Å². The second-order valence-electron chi connectivity index (χ2n) is 3.08. The van der Waals surface area contributed by atoms with Gasteiger partial charge in [-0.1, -0.05) is 6.07 Å². The summed E-state index contributed by atoms with van der Waals surface area (Å²) in [6.07, 6.45) is 0. The smallest absolute Gasteiger partial charge is 0.317 e. The number of nitrogens with zero attached hydrogens (tertiary/aromatic N) is 1. The van der Waals surface area contributed by atoms with E-state index in [1.165, 1.54) is 9.78 Å². The number of urea groups is 1. The van der Waals surface area contributed by atoms with Crippen molar-refractivity contribution in [1.82, 2.24) is 10.2 Å². The summed E-state index contributed by atoms with van der Waals surface area (Å²) in [5.74, 6) is 0. The van der Waals surface area contributed by atoms with Crippen molar-refractivity contribution >= 4 is 17.4 Å². The zero-order valence-electron chi connectivity index (χ0n) is 8.07. The molecular weight excluding hydrogens is 184 g/mol. The highest BCUT2D eigenvalue weighted by molar-refractivity contribution is 7.10. The fraction of sp³-hybridized carbons (Fsp3) is 0.444. The van der Waals surface area contributed by atoms with Crippen LogP contribution in [0, 0.1) is 0 Å². The first-order valence-corrected chi connectivity index (χ1v) is 5.00. The molecule has 1 rings (SSSR count). The van der Waals surface area contributed by atoms with Gasteiger partial charge in [0, 0.05) is 19.0 Å². The van der Waals surface area contributed by atoms with Crippen molar-refractivity contribution in [3.05, 3.63) is 22.4 Å². The largest absolute Gasteiger partial charge is 0.331 e. The van der Waals surface area contributed by atoms with E-state index in [2.05, 4.69) is 5.32 Å². The molecule has 0 fully saturated rings. The molecule has 0 aromatic carbocycles. The van der Waals surface area contributed by atoms with E-state index in [4.69, 9.17) is 0 Å². The molecule has 0 spiro atoms. The van der Waals surface area contributed by atoms with Crippen molar-refractivity contribution in [2.75, 3.05) is 14.1 Å². The number of nitrogens with one attached hydrogen (secondary N) is 1. The summed E-state index contributed by atoms with van der Waals surface area (Å²) in [6, 6.07) is 4.04. The fourth-order valence-corrected chi connectivity index (χ4v) is 1.66. The Morgan fingerprint density at radius 2 is 2.31 bits per heavy atom. The number of carbonyl (C=O) groups is 1. The van der Waals surface area contributed by atoms with Gasteiger partial charge in [-0.25, -0.2) is 4.79 Å². The quantitative estimate of drug-likeness (QED) is 0.775. The second kappa shape index (κ2) is 4.28. The summed E-state index contributed by atoms with van der Waals surface area (Å²) in [6.45, 7) is 1.98. The minimum Gasteiger partial charge on any atom is -0.331 e. The normalized spacial score (nSPS) is 12.2. The molecule has 0 saturated heterocycles. The molecule has 1 aromatic heterocycles. The lowest BCUT2D eigenvalue weighted by Gasteiger charge is -2.16. The summed E-state index contributed by atoms with van der Waals surface area (Å²) in [4.78, 5) is 14.0. The molecule has 72 valence electrons. The second-order valence-corrected chi connectivity index (χ2v) is 4.06. The summed E-state index contributed by atoms with van der Waals surface area (Å²) < 4.78 is 0. The van der Waals surface area contributed by atoms with Gasteiger partial charge < -0.3 is 10.2 Å². The number of hydrogen-bond donors (Lipinski definition) is 1. The number of rotatable bonds is 2. The maximum atomic E-state index is 11.3. The first-order valence-electron chi connectivity index (χ1n) is 4.12. The first-order chi connectivity index (χ1) is 6.11. The minimum atomic E-state index is -0.0547. The third-order valence-electron chi connectivity index (χ3n) is 1.72. The molecule has 13 heavy (non-hydrogen) atoms. The Labute approximate surface area is 82.4 Å². The van der Waals surface area contributed by atoms with E-state index in [0.717, 1.165) is 0 Å². The number of thiophene rings is 1. The predicted octanol–water partition coefficient (Wildman–Crippen LogP) is 2.08. The zero-order chi connectivity index (χ0) is 9.84. The molecule has 2 amide bonds. The van der Waals surface area contributed by atoms with E-state index in [1.807, 2.05) is 24.4 Å². The van der Waals surface area contributed by atoms with E-state index >= 15 is 0 Å². The zero-order valence-corrected chi connectivity index (χ0v) is 8.89. The van der Waals surface area contributed by atoms with Crippen LogP contribution in [0.15, 0.2) is 17.5 Å². The van der Waals surface area contributed by atoms with Crippen LogP contribution in [-0.2, 0) is 0 Å². The molecule has 3 nitrogen and oxygen atoms in total. The van der Waals surface area contributed by atoms with Crippen molar-refractivity contribution in [2.24, 2.45) is 0 Å². The minimum absolute atomic E-state index is 0.0547. The summed E-state index contributed by atoms with van der Waals surface area (Å²) in [7, 11) is 3.47. The first kappa shape index (κ1) is 10.1. The Morgan fingerprint density at radius 1 is 1.62 bits per heavy atom. The molecule has 0 aliphatic carbocycles. The van der Waals surface area contributed by atoms with E-state index in [0.29, 0.717) is 0 Å². The lowest BCUT2D eigenvalue weighted by atomic mass is 10.3. The van der Waals surface area contributed by atoms with Gasteiger partial charge in [0.1, 0.15) is 0 Å². The third-order valence-corrected chi connectivity index (χ3v) is 2.77. The van der Waals surface area contributed by atoms with Crippen LogP contribution in [0.25, 0.3) is 0 Å². The Morgan fingerprint density at radius 3 is 2.77 bits per heavy atom. The van der Waals surface area contributed by atoms with Gasteiger partial charge in [0.15, 0.2) is 0 Å². The van der Waals surface area contributed by atoms with E-state index in [1.54, 1.807) is 25.4 Å². The number of carbonyl (C=O) groups excluding carboxylic acids is 1. The Hall–Kier alpha value is -1.03. The molecule has 1 heterocycles. The molecule has 1 N–H and O–H groups in total. The van der Waals surface area contributed by atoms with Crippen LogP contribution < -0.4 is 5.32 Å². The Balaban J connectivity index is 2.51. The Bertz CT molecular complexity index is 269. The van der Waals surface area contributed by atoms with Gasteiger partial charge in [0.2, 0.25) is 0 Å². The van der Waals surface area contributed by atoms with Crippen molar-refractivity contribution in [2.45, 2.75) is 13.0 Å². The Kier molecular flexibility index (Phi) is 3.31. The highest BCUT2D eigenvalue weighted by atomic mass is 32.1. The molecule has 0 aliphatic heterocycles. The van der Waals surface area contributed by atoms with Crippen LogP contribution in [0.3, 0.4) is 0 Å². The summed E-state index contributed by atoms with van der Waals surface area (Å²) >= 11 is 1.65. The fourth-order valence-electron chi connectivity index (χ4n) is 0.923. The molecule has 0 radical (unpaired) electrons. The van der Waals surface area contributed by atoms with Gasteiger partial charge in [-0.05, 0) is 18.4 Å². The van der Waals surface area contributed by atoms with Gasteiger partial charge >= 0.3 is 6.03 Å². The van der Waals surface area contributed by atoms with Crippen molar-refractivity contribution < 1.29 is 4.79 Å². The monoisotopic (exact) mass is 198 g/mol. The van der Waals surface area contributed by atoms with Crippen molar-refractivity contribution in [1.29, 1.82) is 0 Å². The molecule has 1 atom stereocenters. The van der Waals surface area contributed by atoms with Crippen LogP contribution in [0.4, 0.5) is 4.79 Å². The molecule has 0 bridgehead atoms. The van der Waals surface area contributed by atoms with E-state index in [9.17, 15) is 4.79 Å². The average Bonchev–Trinajstić information content (AvgIpc) is 2.55. The maximum absolute atomic E-state index is 11.3. The molecule has 0 aliphatic rings. The van der Waals surface area contributed by atoms with E-state index in [-0.39, 0.29) is 12.1 Å². The number of hydrogen-bond acceptors (Lipinski definition) is 2. The topological polar surface area (TPSA) is 32.3 Å². The maximum Gasteiger partial charge on any atom is 0.317 e. The van der Waals surface area contributed by atoms with Crippen LogP contribution >= 0.6 is 11.3 Å². The number of amides is 2. The van der Waals surface area contributed by atoms with Crippen molar-refractivity contribution in [3.63, 3.8) is 0 Å². The van der Waals surface area contributed by atoms with Gasteiger partial charge in [-0.2, -0.15) is 0 Å². The molecular formula is C9H14N2OS. The van der Waals surface area contributed by atoms with E-state index < -0.39 is 0 Å². The molecule has 4 heteroatoms. The molecule has 1 aromatic rings. The predicted molar refractivity (Wildman–Crippen MR) is 55.0 cm³/mol.